The van der Waals surface area contributed by atoms with E-state index in [4.69, 9.17) is 0 Å². The van der Waals surface area contributed by atoms with E-state index in [1.54, 1.807) is 0 Å². The van der Waals surface area contributed by atoms with E-state index in [1.807, 2.05) is 0 Å². The maximum absolute atomic E-state index is 9.90. The van der Waals surface area contributed by atoms with Crippen molar-refractivity contribution in [1.29, 1.82) is 0 Å². The van der Waals surface area contributed by atoms with E-state index >= 15 is 0 Å². The zero-order valence-electron chi connectivity index (χ0n) is 11.4. The van der Waals surface area contributed by atoms with Gasteiger partial charge in [-0.15, -0.1) is 0 Å². The van der Waals surface area contributed by atoms with E-state index in [-0.39, 0.29) is 5.54 Å². The summed E-state index contributed by atoms with van der Waals surface area (Å²) in [5.41, 5.74) is -0.0249. The molecule has 0 aromatic carbocycles. The van der Waals surface area contributed by atoms with Gasteiger partial charge in [-0.2, -0.15) is 0 Å². The molecule has 0 aromatic rings. The van der Waals surface area contributed by atoms with Crippen molar-refractivity contribution in [2.75, 3.05) is 19.7 Å². The van der Waals surface area contributed by atoms with Crippen molar-refractivity contribution in [1.82, 2.24) is 10.2 Å². The fraction of sp³-hybridized carbons (Fsp3) is 1.00. The smallest absolute Gasteiger partial charge is 0.0628 e. The number of rotatable bonds is 3. The monoisotopic (exact) mass is 240 g/mol. The third-order valence-corrected chi connectivity index (χ3v) is 4.65. The number of aliphatic hydroxyl groups excluding tert-OH is 1. The van der Waals surface area contributed by atoms with Crippen LogP contribution >= 0.6 is 0 Å². The molecule has 3 heteroatoms. The SMILES string of the molecule is CC(C)N1CCCCC1C1(CO)CCCCN1. The Morgan fingerprint density at radius 1 is 1.29 bits per heavy atom. The van der Waals surface area contributed by atoms with Crippen molar-refractivity contribution in [3.63, 3.8) is 0 Å². The molecule has 0 spiro atoms. The first-order valence-corrected chi connectivity index (χ1v) is 7.31. The Labute approximate surface area is 106 Å². The highest BCUT2D eigenvalue weighted by Gasteiger charge is 2.43. The molecule has 0 aromatic heterocycles. The summed E-state index contributed by atoms with van der Waals surface area (Å²) in [5, 5.41) is 13.5. The number of nitrogens with zero attached hydrogens (tertiary/aromatic N) is 1. The second kappa shape index (κ2) is 5.68. The quantitative estimate of drug-likeness (QED) is 0.789. The van der Waals surface area contributed by atoms with Crippen molar-refractivity contribution >= 4 is 0 Å². The largest absolute Gasteiger partial charge is 0.394 e. The molecule has 0 amide bonds. The zero-order valence-corrected chi connectivity index (χ0v) is 11.4. The molecule has 0 saturated carbocycles. The minimum absolute atomic E-state index is 0.0249. The number of nitrogens with one attached hydrogen (secondary N) is 1. The van der Waals surface area contributed by atoms with Gasteiger partial charge in [0.2, 0.25) is 0 Å². The van der Waals surface area contributed by atoms with Crippen LogP contribution < -0.4 is 5.32 Å². The van der Waals surface area contributed by atoms with Crippen LogP contribution in [0.4, 0.5) is 0 Å². The number of piperidine rings is 2. The zero-order chi connectivity index (χ0) is 12.3. The lowest BCUT2D eigenvalue weighted by Crippen LogP contribution is -2.66. The summed E-state index contributed by atoms with van der Waals surface area (Å²) >= 11 is 0. The second-order valence-electron chi connectivity index (χ2n) is 6.04. The molecule has 2 heterocycles. The summed E-state index contributed by atoms with van der Waals surface area (Å²) in [6, 6.07) is 1.12. The fourth-order valence-electron chi connectivity index (χ4n) is 3.68. The number of hydrogen-bond donors (Lipinski definition) is 2. The molecule has 0 radical (unpaired) electrons. The molecule has 2 aliphatic heterocycles. The Hall–Kier alpha value is -0.120. The van der Waals surface area contributed by atoms with Crippen molar-refractivity contribution in [3.05, 3.63) is 0 Å². The Morgan fingerprint density at radius 2 is 2.12 bits per heavy atom. The van der Waals surface area contributed by atoms with E-state index in [0.717, 1.165) is 13.0 Å². The molecule has 2 saturated heterocycles. The fourth-order valence-corrected chi connectivity index (χ4v) is 3.68. The Balaban J connectivity index is 2.15. The Kier molecular flexibility index (Phi) is 4.45. The van der Waals surface area contributed by atoms with Gasteiger partial charge in [-0.05, 0) is 52.6 Å². The maximum Gasteiger partial charge on any atom is 0.0628 e. The maximum atomic E-state index is 9.90. The van der Waals surface area contributed by atoms with Gasteiger partial charge in [-0.3, -0.25) is 4.90 Å². The minimum atomic E-state index is -0.0249. The Morgan fingerprint density at radius 3 is 2.71 bits per heavy atom. The normalized spacial score (nSPS) is 36.4. The molecule has 0 bridgehead atoms. The standard InChI is InChI=1S/C14H28N2O/c1-12(2)16-10-6-3-7-13(16)14(11-17)8-4-5-9-15-14/h12-13,15,17H,3-11H2,1-2H3. The summed E-state index contributed by atoms with van der Waals surface area (Å²) in [6.45, 7) is 7.13. The van der Waals surface area contributed by atoms with Gasteiger partial charge in [0.1, 0.15) is 0 Å². The molecule has 3 nitrogen and oxygen atoms in total. The molecule has 2 fully saturated rings. The minimum Gasteiger partial charge on any atom is -0.394 e. The third-order valence-electron chi connectivity index (χ3n) is 4.65. The van der Waals surface area contributed by atoms with E-state index in [1.165, 1.54) is 38.6 Å². The van der Waals surface area contributed by atoms with Gasteiger partial charge in [-0.1, -0.05) is 12.8 Å². The predicted molar refractivity (Wildman–Crippen MR) is 71.2 cm³/mol. The van der Waals surface area contributed by atoms with Gasteiger partial charge in [0.15, 0.2) is 0 Å². The molecular weight excluding hydrogens is 212 g/mol. The highest BCUT2D eigenvalue weighted by Crippen LogP contribution is 2.33. The summed E-state index contributed by atoms with van der Waals surface area (Å²) < 4.78 is 0. The van der Waals surface area contributed by atoms with Crippen molar-refractivity contribution < 1.29 is 5.11 Å². The molecule has 2 N–H and O–H groups in total. The average Bonchev–Trinajstić information content (AvgIpc) is 2.39. The van der Waals surface area contributed by atoms with Crippen molar-refractivity contribution in [2.45, 2.75) is 70.0 Å². The van der Waals surface area contributed by atoms with Gasteiger partial charge in [0.05, 0.1) is 12.1 Å². The summed E-state index contributed by atoms with van der Waals surface area (Å²) in [6.07, 6.45) is 7.53. The molecule has 0 aliphatic carbocycles. The van der Waals surface area contributed by atoms with Gasteiger partial charge in [-0.25, -0.2) is 0 Å². The van der Waals surface area contributed by atoms with Crippen LogP contribution in [0.5, 0.6) is 0 Å². The van der Waals surface area contributed by atoms with Gasteiger partial charge in [0.25, 0.3) is 0 Å². The third kappa shape index (κ3) is 2.67. The molecular formula is C14H28N2O. The molecule has 2 rings (SSSR count). The van der Waals surface area contributed by atoms with Gasteiger partial charge < -0.3 is 10.4 Å². The van der Waals surface area contributed by atoms with Crippen molar-refractivity contribution in [3.8, 4) is 0 Å². The second-order valence-corrected chi connectivity index (χ2v) is 6.04. The van der Waals surface area contributed by atoms with E-state index in [9.17, 15) is 5.11 Å². The van der Waals surface area contributed by atoms with E-state index in [0.29, 0.717) is 18.7 Å². The first kappa shape index (κ1) is 13.3. The number of hydrogen-bond acceptors (Lipinski definition) is 3. The molecule has 17 heavy (non-hydrogen) atoms. The van der Waals surface area contributed by atoms with Crippen molar-refractivity contribution in [2.24, 2.45) is 0 Å². The van der Waals surface area contributed by atoms with E-state index < -0.39 is 0 Å². The summed E-state index contributed by atoms with van der Waals surface area (Å²) in [7, 11) is 0. The topological polar surface area (TPSA) is 35.5 Å². The van der Waals surface area contributed by atoms with Crippen LogP contribution in [0.15, 0.2) is 0 Å². The van der Waals surface area contributed by atoms with Crippen LogP contribution in [0.1, 0.15) is 52.4 Å². The first-order chi connectivity index (χ1) is 8.19. The lowest BCUT2D eigenvalue weighted by Gasteiger charge is -2.51. The lowest BCUT2D eigenvalue weighted by atomic mass is 9.77. The van der Waals surface area contributed by atoms with Crippen LogP contribution in [0.3, 0.4) is 0 Å². The molecule has 100 valence electrons. The highest BCUT2D eigenvalue weighted by molar-refractivity contribution is 5.03. The van der Waals surface area contributed by atoms with Gasteiger partial charge >= 0.3 is 0 Å². The molecule has 2 atom stereocenters. The van der Waals surface area contributed by atoms with Crippen LogP contribution in [0.2, 0.25) is 0 Å². The first-order valence-electron chi connectivity index (χ1n) is 7.31. The van der Waals surface area contributed by atoms with Gasteiger partial charge in [0, 0.05) is 12.1 Å². The van der Waals surface area contributed by atoms with Crippen LogP contribution in [-0.4, -0.2) is 47.3 Å². The van der Waals surface area contributed by atoms with E-state index in [2.05, 4.69) is 24.1 Å². The molecule has 2 unspecified atom stereocenters. The van der Waals surface area contributed by atoms with Crippen LogP contribution in [0, 0.1) is 0 Å². The lowest BCUT2D eigenvalue weighted by molar-refractivity contribution is -0.00517. The average molecular weight is 240 g/mol. The van der Waals surface area contributed by atoms with Crippen LogP contribution in [0.25, 0.3) is 0 Å². The predicted octanol–water partition coefficient (Wildman–Crippen LogP) is 1.75. The number of aliphatic hydroxyl groups is 1. The summed E-state index contributed by atoms with van der Waals surface area (Å²) in [4.78, 5) is 2.61. The van der Waals surface area contributed by atoms with Crippen LogP contribution in [-0.2, 0) is 0 Å². The number of likely N-dealkylation sites (tertiary alicyclic amines) is 1. The summed E-state index contributed by atoms with van der Waals surface area (Å²) in [5.74, 6) is 0. The molecule has 2 aliphatic rings. The Bertz CT molecular complexity index is 236. The highest BCUT2D eigenvalue weighted by atomic mass is 16.3.